The molecule has 21 heavy (non-hydrogen) atoms. The van der Waals surface area contributed by atoms with Gasteiger partial charge in [-0.1, -0.05) is 31.6 Å². The van der Waals surface area contributed by atoms with Crippen molar-refractivity contribution < 1.29 is 14.2 Å². The Kier molecular flexibility index (Phi) is 4.61. The molecule has 2 aliphatic rings. The summed E-state index contributed by atoms with van der Waals surface area (Å²) in [5, 5.41) is 0. The Morgan fingerprint density at radius 1 is 1.14 bits per heavy atom. The molecule has 3 rings (SSSR count). The summed E-state index contributed by atoms with van der Waals surface area (Å²) in [6.07, 6.45) is 7.36. The molecule has 3 heteroatoms. The molecule has 0 unspecified atom stereocenters. The predicted molar refractivity (Wildman–Crippen MR) is 83.3 cm³/mol. The minimum absolute atomic E-state index is 0.327. The van der Waals surface area contributed by atoms with E-state index in [9.17, 15) is 0 Å². The topological polar surface area (TPSA) is 27.7 Å². The second kappa shape index (κ2) is 6.63. The van der Waals surface area contributed by atoms with Crippen molar-refractivity contribution in [1.82, 2.24) is 0 Å². The normalized spacial score (nSPS) is 20.5. The molecule has 0 N–H and O–H groups in total. The first kappa shape index (κ1) is 14.6. The van der Waals surface area contributed by atoms with Crippen molar-refractivity contribution >= 4 is 5.57 Å². The number of allylic oxidation sites excluding steroid dienone is 1. The molecule has 1 heterocycles. The highest BCUT2D eigenvalue weighted by Gasteiger charge is 2.37. The van der Waals surface area contributed by atoms with Gasteiger partial charge in [0.05, 0.1) is 19.8 Å². The Bertz CT molecular complexity index is 484. The van der Waals surface area contributed by atoms with Crippen LogP contribution in [0.1, 0.15) is 44.6 Å². The minimum atomic E-state index is -0.327. The Balaban J connectivity index is 1.61. The number of rotatable bonds is 5. The number of hydrogen-bond donors (Lipinski definition) is 0. The summed E-state index contributed by atoms with van der Waals surface area (Å²) in [5.41, 5.74) is 2.67. The first-order chi connectivity index (χ1) is 10.3. The van der Waals surface area contributed by atoms with Crippen LogP contribution in [0.25, 0.3) is 5.57 Å². The van der Waals surface area contributed by atoms with Crippen molar-refractivity contribution in [3.05, 3.63) is 35.9 Å². The van der Waals surface area contributed by atoms with E-state index in [1.165, 1.54) is 11.1 Å². The second-order valence-electron chi connectivity index (χ2n) is 5.77. The summed E-state index contributed by atoms with van der Waals surface area (Å²) in [6, 6.07) is 8.44. The highest BCUT2D eigenvalue weighted by Crippen LogP contribution is 2.38. The third-order valence-electron chi connectivity index (χ3n) is 4.24. The van der Waals surface area contributed by atoms with Crippen LogP contribution in [0.15, 0.2) is 30.3 Å². The van der Waals surface area contributed by atoms with Gasteiger partial charge in [0.25, 0.3) is 0 Å². The quantitative estimate of drug-likeness (QED) is 0.761. The number of hydrogen-bond acceptors (Lipinski definition) is 3. The lowest BCUT2D eigenvalue weighted by atomic mass is 9.90. The lowest BCUT2D eigenvalue weighted by Crippen LogP contribution is -2.31. The Morgan fingerprint density at radius 3 is 2.52 bits per heavy atom. The van der Waals surface area contributed by atoms with E-state index in [1.807, 2.05) is 0 Å². The second-order valence-corrected chi connectivity index (χ2v) is 5.77. The van der Waals surface area contributed by atoms with Crippen molar-refractivity contribution in [3.63, 3.8) is 0 Å². The van der Waals surface area contributed by atoms with Gasteiger partial charge in [-0.3, -0.25) is 0 Å². The van der Waals surface area contributed by atoms with Crippen molar-refractivity contribution in [2.45, 2.75) is 44.8 Å². The molecule has 0 bridgehead atoms. The van der Waals surface area contributed by atoms with Crippen LogP contribution < -0.4 is 4.74 Å². The predicted octanol–water partition coefficient (Wildman–Crippen LogP) is 4.18. The molecule has 1 spiro atoms. The zero-order valence-electron chi connectivity index (χ0n) is 12.8. The Labute approximate surface area is 126 Å². The largest absolute Gasteiger partial charge is 0.494 e. The average Bonchev–Trinajstić information content (AvgIpc) is 2.97. The van der Waals surface area contributed by atoms with Crippen molar-refractivity contribution in [2.24, 2.45) is 0 Å². The fraction of sp³-hybridized carbons (Fsp3) is 0.556. The molecule has 1 aliphatic heterocycles. The fourth-order valence-corrected chi connectivity index (χ4v) is 2.93. The van der Waals surface area contributed by atoms with Crippen LogP contribution in [0.2, 0.25) is 0 Å². The molecule has 0 amide bonds. The standard InChI is InChI=1S/C18H24O3/c1-2-3-12-19-17-6-4-15(5-7-17)16-8-10-18(11-9-16)20-13-14-21-18/h4-8H,2-3,9-14H2,1H3. The van der Waals surface area contributed by atoms with Gasteiger partial charge in [0.1, 0.15) is 5.75 Å². The molecule has 114 valence electrons. The van der Waals surface area contributed by atoms with Gasteiger partial charge in [0, 0.05) is 12.8 Å². The van der Waals surface area contributed by atoms with Crippen LogP contribution >= 0.6 is 0 Å². The summed E-state index contributed by atoms with van der Waals surface area (Å²) in [7, 11) is 0. The minimum Gasteiger partial charge on any atom is -0.494 e. The van der Waals surface area contributed by atoms with E-state index in [2.05, 4.69) is 37.3 Å². The maximum atomic E-state index is 5.75. The zero-order chi connectivity index (χ0) is 14.5. The van der Waals surface area contributed by atoms with E-state index in [4.69, 9.17) is 14.2 Å². The van der Waals surface area contributed by atoms with E-state index in [-0.39, 0.29) is 5.79 Å². The van der Waals surface area contributed by atoms with Gasteiger partial charge in [-0.05, 0) is 36.1 Å². The molecule has 1 aliphatic carbocycles. The highest BCUT2D eigenvalue weighted by atomic mass is 16.7. The lowest BCUT2D eigenvalue weighted by molar-refractivity contribution is -0.159. The molecule has 1 aromatic carbocycles. The smallest absolute Gasteiger partial charge is 0.172 e. The van der Waals surface area contributed by atoms with E-state index < -0.39 is 0 Å². The highest BCUT2D eigenvalue weighted by molar-refractivity contribution is 5.67. The molecule has 0 saturated carbocycles. The van der Waals surface area contributed by atoms with E-state index in [0.29, 0.717) is 0 Å². The zero-order valence-corrected chi connectivity index (χ0v) is 12.8. The van der Waals surface area contributed by atoms with Gasteiger partial charge in [0.15, 0.2) is 5.79 Å². The van der Waals surface area contributed by atoms with Gasteiger partial charge in [0.2, 0.25) is 0 Å². The third kappa shape index (κ3) is 3.47. The van der Waals surface area contributed by atoms with Gasteiger partial charge in [-0.25, -0.2) is 0 Å². The Morgan fingerprint density at radius 2 is 1.90 bits per heavy atom. The number of unbranched alkanes of at least 4 members (excludes halogenated alkanes) is 1. The molecular formula is C18H24O3. The lowest BCUT2D eigenvalue weighted by Gasteiger charge is -2.30. The van der Waals surface area contributed by atoms with Crippen LogP contribution in [-0.2, 0) is 9.47 Å². The van der Waals surface area contributed by atoms with E-state index in [0.717, 1.165) is 57.7 Å². The van der Waals surface area contributed by atoms with Crippen molar-refractivity contribution in [3.8, 4) is 5.75 Å². The summed E-state index contributed by atoms with van der Waals surface area (Å²) < 4.78 is 17.2. The molecule has 0 atom stereocenters. The Hall–Kier alpha value is -1.32. The summed E-state index contributed by atoms with van der Waals surface area (Å²) in [5.74, 6) is 0.634. The molecule has 1 aromatic rings. The summed E-state index contributed by atoms with van der Waals surface area (Å²) in [4.78, 5) is 0. The number of ether oxygens (including phenoxy) is 3. The monoisotopic (exact) mass is 288 g/mol. The molecular weight excluding hydrogens is 264 g/mol. The first-order valence-electron chi connectivity index (χ1n) is 8.01. The third-order valence-corrected chi connectivity index (χ3v) is 4.24. The van der Waals surface area contributed by atoms with Gasteiger partial charge in [-0.2, -0.15) is 0 Å². The molecule has 1 fully saturated rings. The SMILES string of the molecule is CCCCOc1ccc(C2=CCC3(CC2)OCCO3)cc1. The molecule has 0 radical (unpaired) electrons. The van der Waals surface area contributed by atoms with Gasteiger partial charge >= 0.3 is 0 Å². The molecule has 1 saturated heterocycles. The maximum absolute atomic E-state index is 5.75. The van der Waals surface area contributed by atoms with Crippen LogP contribution in [-0.4, -0.2) is 25.6 Å². The number of benzene rings is 1. The first-order valence-corrected chi connectivity index (χ1v) is 8.01. The van der Waals surface area contributed by atoms with Crippen molar-refractivity contribution in [2.75, 3.05) is 19.8 Å². The van der Waals surface area contributed by atoms with Crippen LogP contribution in [0.3, 0.4) is 0 Å². The summed E-state index contributed by atoms with van der Waals surface area (Å²) >= 11 is 0. The average molecular weight is 288 g/mol. The summed E-state index contributed by atoms with van der Waals surface area (Å²) in [6.45, 7) is 4.43. The van der Waals surface area contributed by atoms with Crippen LogP contribution in [0.4, 0.5) is 0 Å². The molecule has 0 aromatic heterocycles. The van der Waals surface area contributed by atoms with Gasteiger partial charge < -0.3 is 14.2 Å². The van der Waals surface area contributed by atoms with E-state index >= 15 is 0 Å². The maximum Gasteiger partial charge on any atom is 0.172 e. The van der Waals surface area contributed by atoms with Crippen LogP contribution in [0, 0.1) is 0 Å². The van der Waals surface area contributed by atoms with Crippen LogP contribution in [0.5, 0.6) is 5.75 Å². The van der Waals surface area contributed by atoms with Gasteiger partial charge in [-0.15, -0.1) is 0 Å². The van der Waals surface area contributed by atoms with Crippen molar-refractivity contribution in [1.29, 1.82) is 0 Å². The van der Waals surface area contributed by atoms with E-state index in [1.54, 1.807) is 0 Å². The fourth-order valence-electron chi connectivity index (χ4n) is 2.93. The molecule has 3 nitrogen and oxygen atoms in total.